The van der Waals surface area contributed by atoms with E-state index in [-0.39, 0.29) is 18.4 Å². The lowest BCUT2D eigenvalue weighted by Crippen LogP contribution is -2.41. The van der Waals surface area contributed by atoms with Gasteiger partial charge in [-0.2, -0.15) is 0 Å². The average molecular weight is 377 g/mol. The van der Waals surface area contributed by atoms with E-state index in [1.165, 1.54) is 12.1 Å². The van der Waals surface area contributed by atoms with E-state index >= 15 is 0 Å². The monoisotopic (exact) mass is 377 g/mol. The number of carbonyl (C=O) groups excluding carboxylic acids is 3. The van der Waals surface area contributed by atoms with Gasteiger partial charge in [-0.3, -0.25) is 9.59 Å². The molecule has 1 aromatic rings. The largest absolute Gasteiger partial charge is 0.494 e. The highest BCUT2D eigenvalue weighted by Crippen LogP contribution is 2.36. The molecule has 0 aromatic heterocycles. The Kier molecular flexibility index (Phi) is 4.86. The molecule has 0 N–H and O–H groups in total. The molecule has 7 nitrogen and oxygen atoms in total. The van der Waals surface area contributed by atoms with Crippen LogP contribution in [0.2, 0.25) is 0 Å². The molecule has 0 atom stereocenters. The first kappa shape index (κ1) is 19.5. The van der Waals surface area contributed by atoms with Crippen LogP contribution in [0.4, 0.5) is 4.39 Å². The zero-order valence-corrected chi connectivity index (χ0v) is 15.7. The van der Waals surface area contributed by atoms with Crippen molar-refractivity contribution in [3.8, 4) is 0 Å². The van der Waals surface area contributed by atoms with Crippen LogP contribution in [0.25, 0.3) is 0 Å². The zero-order valence-electron chi connectivity index (χ0n) is 15.7. The molecule has 0 radical (unpaired) electrons. The molecule has 2 fully saturated rings. The van der Waals surface area contributed by atoms with E-state index in [0.29, 0.717) is 10.5 Å². The summed E-state index contributed by atoms with van der Waals surface area (Å²) in [6, 6.07) is 4.29. The second kappa shape index (κ2) is 6.72. The first-order chi connectivity index (χ1) is 12.5. The summed E-state index contributed by atoms with van der Waals surface area (Å²) in [4.78, 5) is 39.6. The van der Waals surface area contributed by atoms with Crippen molar-refractivity contribution in [2.75, 3.05) is 0 Å². The fraction of sp³-hybridized carbons (Fsp3) is 0.500. The van der Waals surface area contributed by atoms with Crippen LogP contribution in [-0.4, -0.2) is 41.2 Å². The van der Waals surface area contributed by atoms with Gasteiger partial charge in [-0.1, -0.05) is 12.1 Å². The van der Waals surface area contributed by atoms with Crippen LogP contribution < -0.4 is 5.46 Å². The standard InChI is InChI=1S/C18H21BFNO6/c1-17(2)18(3,4)27-19(26-17)12-6-5-11(13(20)10-12)9-16(24)25-21-14(22)7-8-15(21)23/h5-6,10H,7-9H2,1-4H3. The highest BCUT2D eigenvalue weighted by molar-refractivity contribution is 6.62. The van der Waals surface area contributed by atoms with Gasteiger partial charge in [-0.25, -0.2) is 9.18 Å². The maximum atomic E-state index is 14.4. The number of hydroxylamine groups is 2. The summed E-state index contributed by atoms with van der Waals surface area (Å²) in [5.74, 6) is -2.67. The Morgan fingerprint density at radius 1 is 1.15 bits per heavy atom. The maximum absolute atomic E-state index is 14.4. The molecule has 0 unspecified atom stereocenters. The van der Waals surface area contributed by atoms with Gasteiger partial charge < -0.3 is 14.1 Å². The molecule has 3 rings (SSSR count). The number of imide groups is 1. The summed E-state index contributed by atoms with van der Waals surface area (Å²) < 4.78 is 26.2. The van der Waals surface area contributed by atoms with Crippen molar-refractivity contribution >= 4 is 30.4 Å². The van der Waals surface area contributed by atoms with Crippen LogP contribution in [0.3, 0.4) is 0 Å². The number of benzene rings is 1. The normalized spacial score (nSPS) is 21.1. The molecule has 2 saturated heterocycles. The van der Waals surface area contributed by atoms with Gasteiger partial charge in [0.2, 0.25) is 0 Å². The van der Waals surface area contributed by atoms with Crippen LogP contribution in [-0.2, 0) is 35.0 Å². The smallest absolute Gasteiger partial charge is 0.399 e. The summed E-state index contributed by atoms with van der Waals surface area (Å²) in [5.41, 5.74) is -0.524. The molecule has 2 heterocycles. The molecular weight excluding hydrogens is 356 g/mol. The van der Waals surface area contributed by atoms with Crippen molar-refractivity contribution < 1.29 is 32.9 Å². The topological polar surface area (TPSA) is 82.1 Å². The molecule has 2 amide bonds. The van der Waals surface area contributed by atoms with E-state index in [1.54, 1.807) is 6.07 Å². The molecule has 0 bridgehead atoms. The van der Waals surface area contributed by atoms with Crippen molar-refractivity contribution in [3.63, 3.8) is 0 Å². The molecule has 1 aromatic carbocycles. The van der Waals surface area contributed by atoms with E-state index in [2.05, 4.69) is 0 Å². The van der Waals surface area contributed by atoms with E-state index < -0.39 is 48.3 Å². The lowest BCUT2D eigenvalue weighted by molar-refractivity contribution is -0.197. The van der Waals surface area contributed by atoms with E-state index in [4.69, 9.17) is 14.1 Å². The predicted octanol–water partition coefficient (Wildman–Crippen LogP) is 1.27. The highest BCUT2D eigenvalue weighted by Gasteiger charge is 2.51. The van der Waals surface area contributed by atoms with E-state index in [9.17, 15) is 18.8 Å². The molecule has 2 aliphatic heterocycles. The molecule has 2 aliphatic rings. The minimum absolute atomic E-state index is 0.00323. The quantitative estimate of drug-likeness (QED) is 0.581. The lowest BCUT2D eigenvalue weighted by atomic mass is 9.78. The van der Waals surface area contributed by atoms with Gasteiger partial charge in [0.25, 0.3) is 11.8 Å². The Morgan fingerprint density at radius 2 is 1.70 bits per heavy atom. The van der Waals surface area contributed by atoms with E-state index in [1.807, 2.05) is 27.7 Å². The molecule has 144 valence electrons. The third-order valence-electron chi connectivity index (χ3n) is 5.14. The molecule has 0 spiro atoms. The van der Waals surface area contributed by atoms with Gasteiger partial charge in [0, 0.05) is 12.8 Å². The van der Waals surface area contributed by atoms with Crippen molar-refractivity contribution in [2.24, 2.45) is 0 Å². The van der Waals surface area contributed by atoms with Gasteiger partial charge in [-0.05, 0) is 44.8 Å². The fourth-order valence-electron chi connectivity index (χ4n) is 2.78. The Hall–Kier alpha value is -2.26. The molecule has 27 heavy (non-hydrogen) atoms. The van der Waals surface area contributed by atoms with Crippen LogP contribution in [0.5, 0.6) is 0 Å². The first-order valence-electron chi connectivity index (χ1n) is 8.71. The maximum Gasteiger partial charge on any atom is 0.494 e. The minimum atomic E-state index is -0.888. The second-order valence-corrected chi connectivity index (χ2v) is 7.66. The second-order valence-electron chi connectivity index (χ2n) is 7.66. The van der Waals surface area contributed by atoms with E-state index in [0.717, 1.165) is 0 Å². The van der Waals surface area contributed by atoms with Gasteiger partial charge in [0.1, 0.15) is 5.82 Å². The van der Waals surface area contributed by atoms with Crippen LogP contribution in [0.15, 0.2) is 18.2 Å². The summed E-state index contributed by atoms with van der Waals surface area (Å²) >= 11 is 0. The van der Waals surface area contributed by atoms with Crippen molar-refractivity contribution in [2.45, 2.75) is 58.2 Å². The van der Waals surface area contributed by atoms with Crippen LogP contribution in [0.1, 0.15) is 46.1 Å². The lowest BCUT2D eigenvalue weighted by Gasteiger charge is -2.32. The fourth-order valence-corrected chi connectivity index (χ4v) is 2.78. The number of hydrogen-bond donors (Lipinski definition) is 0. The van der Waals surface area contributed by atoms with Crippen molar-refractivity contribution in [1.82, 2.24) is 5.06 Å². The number of halogens is 1. The summed E-state index contributed by atoms with van der Waals surface area (Å²) in [5, 5.41) is 0.443. The van der Waals surface area contributed by atoms with Gasteiger partial charge in [-0.15, -0.1) is 5.06 Å². The van der Waals surface area contributed by atoms with Crippen molar-refractivity contribution in [1.29, 1.82) is 0 Å². The summed E-state index contributed by atoms with van der Waals surface area (Å²) in [7, 11) is -0.717. The summed E-state index contributed by atoms with van der Waals surface area (Å²) in [6.07, 6.45) is -0.404. The summed E-state index contributed by atoms with van der Waals surface area (Å²) in [6.45, 7) is 7.59. The Morgan fingerprint density at radius 3 is 2.22 bits per heavy atom. The highest BCUT2D eigenvalue weighted by atomic mass is 19.1. The first-order valence-corrected chi connectivity index (χ1v) is 8.71. The molecule has 9 heteroatoms. The Balaban J connectivity index is 1.68. The Bertz CT molecular complexity index is 777. The number of hydrogen-bond acceptors (Lipinski definition) is 6. The Labute approximate surface area is 156 Å². The van der Waals surface area contributed by atoms with Gasteiger partial charge in [0.15, 0.2) is 0 Å². The van der Waals surface area contributed by atoms with Crippen LogP contribution >= 0.6 is 0 Å². The SMILES string of the molecule is CC1(C)OB(c2ccc(CC(=O)ON3C(=O)CCC3=O)c(F)c2)OC1(C)C. The number of rotatable bonds is 4. The van der Waals surface area contributed by atoms with Crippen LogP contribution in [0, 0.1) is 5.82 Å². The van der Waals surface area contributed by atoms with Crippen molar-refractivity contribution in [3.05, 3.63) is 29.6 Å². The number of nitrogens with zero attached hydrogens (tertiary/aromatic N) is 1. The molecular formula is C18H21BFNO6. The predicted molar refractivity (Wildman–Crippen MR) is 93.0 cm³/mol. The molecule has 0 saturated carbocycles. The third-order valence-corrected chi connectivity index (χ3v) is 5.14. The number of amides is 2. The minimum Gasteiger partial charge on any atom is -0.399 e. The molecule has 0 aliphatic carbocycles. The number of carbonyl (C=O) groups is 3. The van der Waals surface area contributed by atoms with Gasteiger partial charge in [0.05, 0.1) is 17.6 Å². The average Bonchev–Trinajstić information content (AvgIpc) is 2.98. The third kappa shape index (κ3) is 3.75. The van der Waals surface area contributed by atoms with Gasteiger partial charge >= 0.3 is 13.1 Å². The zero-order chi connectivity index (χ0) is 20.0.